The van der Waals surface area contributed by atoms with E-state index in [0.29, 0.717) is 11.3 Å². The van der Waals surface area contributed by atoms with Crippen molar-refractivity contribution in [2.24, 2.45) is 0 Å². The van der Waals surface area contributed by atoms with Gasteiger partial charge in [-0.05, 0) is 57.5 Å². The third-order valence-electron chi connectivity index (χ3n) is 3.33. The first kappa shape index (κ1) is 19.9. The Hall–Kier alpha value is -2.45. The van der Waals surface area contributed by atoms with Gasteiger partial charge in [-0.1, -0.05) is 12.1 Å². The second-order valence-electron chi connectivity index (χ2n) is 6.96. The van der Waals surface area contributed by atoms with Crippen molar-refractivity contribution < 1.29 is 13.2 Å². The summed E-state index contributed by atoms with van der Waals surface area (Å²) in [6, 6.07) is 9.76. The summed E-state index contributed by atoms with van der Waals surface area (Å²) in [5.41, 5.74) is 1.11. The molecule has 7 nitrogen and oxygen atoms in total. The number of hydrogen-bond donors (Lipinski definition) is 3. The molecule has 0 bridgehead atoms. The fourth-order valence-corrected chi connectivity index (χ4v) is 3.96. The first-order chi connectivity index (χ1) is 12.1. The van der Waals surface area contributed by atoms with Crippen LogP contribution in [-0.2, 0) is 16.6 Å². The molecule has 2 rings (SSSR count). The number of benzene rings is 1. The average Bonchev–Trinajstić information content (AvgIpc) is 2.53. The van der Waals surface area contributed by atoms with Crippen LogP contribution >= 0.6 is 0 Å². The lowest BCUT2D eigenvalue weighted by Gasteiger charge is -2.21. The van der Waals surface area contributed by atoms with Crippen molar-refractivity contribution >= 4 is 21.7 Å². The van der Waals surface area contributed by atoms with E-state index >= 15 is 0 Å². The molecule has 0 aliphatic heterocycles. The van der Waals surface area contributed by atoms with Gasteiger partial charge in [-0.3, -0.25) is 4.98 Å². The van der Waals surface area contributed by atoms with Crippen LogP contribution in [0.3, 0.4) is 0 Å². The van der Waals surface area contributed by atoms with Crippen LogP contribution in [0.1, 0.15) is 32.0 Å². The van der Waals surface area contributed by atoms with Crippen molar-refractivity contribution in [3.63, 3.8) is 0 Å². The standard InChI is InChI=1S/C18H24N4O3S/c1-13-8-9-14(11-16(13)26(24,25)22-18(2,3)4)21-17(23)20-12-15-7-5-6-10-19-15/h5-11,22H,12H2,1-4H3,(H2,20,21,23). The zero-order valence-corrected chi connectivity index (χ0v) is 16.1. The molecule has 3 N–H and O–H groups in total. The number of hydrogen-bond acceptors (Lipinski definition) is 4. The van der Waals surface area contributed by atoms with Crippen molar-refractivity contribution in [2.75, 3.05) is 5.32 Å². The third kappa shape index (κ3) is 5.82. The van der Waals surface area contributed by atoms with Crippen molar-refractivity contribution in [2.45, 2.75) is 44.7 Å². The van der Waals surface area contributed by atoms with E-state index in [0.717, 1.165) is 5.69 Å². The van der Waals surface area contributed by atoms with Crippen LogP contribution in [0, 0.1) is 6.92 Å². The summed E-state index contributed by atoms with van der Waals surface area (Å²) < 4.78 is 27.8. The molecule has 1 heterocycles. The molecular weight excluding hydrogens is 352 g/mol. The molecule has 0 fully saturated rings. The summed E-state index contributed by atoms with van der Waals surface area (Å²) in [7, 11) is -3.69. The smallest absolute Gasteiger partial charge is 0.319 e. The summed E-state index contributed by atoms with van der Waals surface area (Å²) in [6.45, 7) is 7.30. The quantitative estimate of drug-likeness (QED) is 0.747. The minimum atomic E-state index is -3.69. The zero-order valence-electron chi connectivity index (χ0n) is 15.3. The highest BCUT2D eigenvalue weighted by Gasteiger charge is 2.24. The van der Waals surface area contributed by atoms with Crippen molar-refractivity contribution in [1.82, 2.24) is 15.0 Å². The highest BCUT2D eigenvalue weighted by atomic mass is 32.2. The van der Waals surface area contributed by atoms with Gasteiger partial charge in [0.2, 0.25) is 10.0 Å². The minimum Gasteiger partial charge on any atom is -0.332 e. The maximum Gasteiger partial charge on any atom is 0.319 e. The first-order valence-corrected chi connectivity index (χ1v) is 9.64. The van der Waals surface area contributed by atoms with Gasteiger partial charge in [0.05, 0.1) is 17.1 Å². The molecular formula is C18H24N4O3S. The van der Waals surface area contributed by atoms with Crippen LogP contribution < -0.4 is 15.4 Å². The third-order valence-corrected chi connectivity index (χ3v) is 5.23. The SMILES string of the molecule is Cc1ccc(NC(=O)NCc2ccccn2)cc1S(=O)(=O)NC(C)(C)C. The summed E-state index contributed by atoms with van der Waals surface area (Å²) in [5, 5.41) is 5.33. The lowest BCUT2D eigenvalue weighted by atomic mass is 10.1. The number of rotatable bonds is 5. The summed E-state index contributed by atoms with van der Waals surface area (Å²) in [5.74, 6) is 0. The number of anilines is 1. The Morgan fingerprint density at radius 2 is 1.88 bits per heavy atom. The largest absolute Gasteiger partial charge is 0.332 e. The number of sulfonamides is 1. The molecule has 0 spiro atoms. The Kier molecular flexibility index (Phi) is 5.99. The zero-order chi connectivity index (χ0) is 19.4. The lowest BCUT2D eigenvalue weighted by molar-refractivity contribution is 0.251. The summed E-state index contributed by atoms with van der Waals surface area (Å²) >= 11 is 0. The number of pyridine rings is 1. The highest BCUT2D eigenvalue weighted by Crippen LogP contribution is 2.21. The fraction of sp³-hybridized carbons (Fsp3) is 0.333. The Bertz CT molecular complexity index is 875. The number of nitrogens with one attached hydrogen (secondary N) is 3. The number of aromatic nitrogens is 1. The van der Waals surface area contributed by atoms with Gasteiger partial charge in [-0.25, -0.2) is 17.9 Å². The second-order valence-corrected chi connectivity index (χ2v) is 8.62. The number of urea groups is 1. The Morgan fingerprint density at radius 1 is 1.15 bits per heavy atom. The normalized spacial score (nSPS) is 11.8. The van der Waals surface area contributed by atoms with Crippen molar-refractivity contribution in [3.8, 4) is 0 Å². The molecule has 0 unspecified atom stereocenters. The molecule has 2 amide bonds. The Balaban J connectivity index is 2.10. The van der Waals surface area contributed by atoms with E-state index < -0.39 is 21.6 Å². The number of aryl methyl sites for hydroxylation is 1. The van der Waals surface area contributed by atoms with E-state index in [-0.39, 0.29) is 11.4 Å². The van der Waals surface area contributed by atoms with Gasteiger partial charge < -0.3 is 10.6 Å². The van der Waals surface area contributed by atoms with Gasteiger partial charge >= 0.3 is 6.03 Å². The molecule has 2 aromatic rings. The second kappa shape index (κ2) is 7.84. The topological polar surface area (TPSA) is 100 Å². The maximum atomic E-state index is 12.6. The van der Waals surface area contributed by atoms with Gasteiger partial charge in [-0.2, -0.15) is 0 Å². The van der Waals surface area contributed by atoms with E-state index in [2.05, 4.69) is 20.3 Å². The van der Waals surface area contributed by atoms with Crippen molar-refractivity contribution in [3.05, 3.63) is 53.9 Å². The number of carbonyl (C=O) groups is 1. The molecule has 0 saturated heterocycles. The molecule has 26 heavy (non-hydrogen) atoms. The van der Waals surface area contributed by atoms with Crippen LogP contribution in [0.2, 0.25) is 0 Å². The number of amides is 2. The van der Waals surface area contributed by atoms with Crippen LogP contribution in [0.15, 0.2) is 47.5 Å². The molecule has 140 valence electrons. The van der Waals surface area contributed by atoms with Gasteiger partial charge in [-0.15, -0.1) is 0 Å². The molecule has 0 atom stereocenters. The summed E-state index contributed by atoms with van der Waals surface area (Å²) in [6.07, 6.45) is 1.65. The fourth-order valence-electron chi connectivity index (χ4n) is 2.27. The van der Waals surface area contributed by atoms with Gasteiger partial charge in [0, 0.05) is 17.4 Å². The minimum absolute atomic E-state index is 0.134. The van der Waals surface area contributed by atoms with Crippen LogP contribution in [0.25, 0.3) is 0 Å². The van der Waals surface area contributed by atoms with E-state index in [1.165, 1.54) is 6.07 Å². The van der Waals surface area contributed by atoms with Gasteiger partial charge in [0.15, 0.2) is 0 Å². The van der Waals surface area contributed by atoms with Crippen LogP contribution in [0.4, 0.5) is 10.5 Å². The van der Waals surface area contributed by atoms with Gasteiger partial charge in [0.25, 0.3) is 0 Å². The highest BCUT2D eigenvalue weighted by molar-refractivity contribution is 7.89. The molecule has 0 aliphatic carbocycles. The molecule has 1 aromatic carbocycles. The van der Waals surface area contributed by atoms with Crippen LogP contribution in [-0.4, -0.2) is 25.0 Å². The molecule has 0 radical (unpaired) electrons. The van der Waals surface area contributed by atoms with Crippen LogP contribution in [0.5, 0.6) is 0 Å². The predicted octanol–water partition coefficient (Wildman–Crippen LogP) is 2.79. The van der Waals surface area contributed by atoms with E-state index in [1.54, 1.807) is 58.2 Å². The average molecular weight is 376 g/mol. The Morgan fingerprint density at radius 3 is 2.50 bits per heavy atom. The monoisotopic (exact) mass is 376 g/mol. The lowest BCUT2D eigenvalue weighted by Crippen LogP contribution is -2.40. The number of carbonyl (C=O) groups excluding carboxylic acids is 1. The summed E-state index contributed by atoms with van der Waals surface area (Å²) in [4.78, 5) is 16.3. The Labute approximate surface area is 154 Å². The molecule has 0 aliphatic rings. The molecule has 1 aromatic heterocycles. The molecule has 0 saturated carbocycles. The molecule has 8 heteroatoms. The van der Waals surface area contributed by atoms with Crippen molar-refractivity contribution in [1.29, 1.82) is 0 Å². The predicted molar refractivity (Wildman–Crippen MR) is 101 cm³/mol. The van der Waals surface area contributed by atoms with Gasteiger partial charge in [0.1, 0.15) is 0 Å². The van der Waals surface area contributed by atoms with E-state index in [9.17, 15) is 13.2 Å². The maximum absolute atomic E-state index is 12.6. The van der Waals surface area contributed by atoms with E-state index in [4.69, 9.17) is 0 Å². The van der Waals surface area contributed by atoms with E-state index in [1.807, 2.05) is 6.07 Å². The number of nitrogens with zero attached hydrogens (tertiary/aromatic N) is 1. The first-order valence-electron chi connectivity index (χ1n) is 8.16.